The van der Waals surface area contributed by atoms with Crippen molar-refractivity contribution in [1.82, 2.24) is 19.7 Å². The van der Waals surface area contributed by atoms with E-state index in [1.165, 1.54) is 11.8 Å². The standard InChI is InChI=1S/C23H27FN6S/c1-3-19-22(28(2)23-27-20(15-31-23)16-4-6-17(24)7-5-16)30-14-18(8-9-21(30)26-19)29-12-10-25-11-13-29/h4,6-9,14-16,25H,3,5,10-13H2,1-2H3. The molecule has 8 heteroatoms. The van der Waals surface area contributed by atoms with Gasteiger partial charge in [0.25, 0.3) is 0 Å². The number of halogens is 1. The van der Waals surface area contributed by atoms with Crippen molar-refractivity contribution >= 4 is 33.6 Å². The van der Waals surface area contributed by atoms with Crippen molar-refractivity contribution in [2.24, 2.45) is 0 Å². The average Bonchev–Trinajstić information content (AvgIpc) is 3.44. The number of rotatable bonds is 5. The fraction of sp³-hybridized carbons (Fsp3) is 0.391. The van der Waals surface area contributed by atoms with E-state index in [0.717, 1.165) is 60.6 Å². The lowest BCUT2D eigenvalue weighted by molar-refractivity contribution is 0.588. The summed E-state index contributed by atoms with van der Waals surface area (Å²) in [5.41, 5.74) is 4.20. The highest BCUT2D eigenvalue weighted by Crippen LogP contribution is 2.35. The topological polar surface area (TPSA) is 48.7 Å². The van der Waals surface area contributed by atoms with Crippen LogP contribution in [-0.4, -0.2) is 47.6 Å². The summed E-state index contributed by atoms with van der Waals surface area (Å²) in [6.07, 6.45) is 8.76. The molecule has 4 heterocycles. The number of fused-ring (bicyclic) bond motifs is 1. The number of pyridine rings is 1. The Balaban J connectivity index is 1.49. The number of piperazine rings is 1. The smallest absolute Gasteiger partial charge is 0.190 e. The first-order valence-electron chi connectivity index (χ1n) is 10.8. The first kappa shape index (κ1) is 20.2. The maximum absolute atomic E-state index is 13.3. The predicted molar refractivity (Wildman–Crippen MR) is 126 cm³/mol. The van der Waals surface area contributed by atoms with E-state index in [1.54, 1.807) is 17.4 Å². The Morgan fingerprint density at radius 1 is 1.26 bits per heavy atom. The van der Waals surface area contributed by atoms with Crippen LogP contribution in [0, 0.1) is 0 Å². The van der Waals surface area contributed by atoms with Gasteiger partial charge in [0.15, 0.2) is 5.13 Å². The molecule has 1 N–H and O–H groups in total. The van der Waals surface area contributed by atoms with E-state index in [1.807, 2.05) is 6.08 Å². The third-order valence-corrected chi connectivity index (χ3v) is 6.95. The highest BCUT2D eigenvalue weighted by Gasteiger charge is 2.22. The number of aryl methyl sites for hydroxylation is 1. The van der Waals surface area contributed by atoms with E-state index in [4.69, 9.17) is 9.97 Å². The summed E-state index contributed by atoms with van der Waals surface area (Å²) in [6, 6.07) is 4.27. The molecule has 1 aliphatic carbocycles. The monoisotopic (exact) mass is 438 g/mol. The van der Waals surface area contributed by atoms with Gasteiger partial charge in [-0.3, -0.25) is 4.40 Å². The Labute approximate surface area is 185 Å². The zero-order valence-corrected chi connectivity index (χ0v) is 18.7. The van der Waals surface area contributed by atoms with Crippen LogP contribution >= 0.6 is 11.3 Å². The Kier molecular flexibility index (Phi) is 5.50. The molecule has 0 amide bonds. The number of anilines is 3. The van der Waals surface area contributed by atoms with Gasteiger partial charge < -0.3 is 15.1 Å². The summed E-state index contributed by atoms with van der Waals surface area (Å²) in [6.45, 7) is 6.16. The molecular formula is C23H27FN6S. The molecule has 0 bridgehead atoms. The fourth-order valence-corrected chi connectivity index (χ4v) is 5.13. The molecule has 0 aromatic carbocycles. The molecule has 3 aromatic rings. The second-order valence-electron chi connectivity index (χ2n) is 7.99. The fourth-order valence-electron chi connectivity index (χ4n) is 4.28. The molecule has 1 aliphatic heterocycles. The van der Waals surface area contributed by atoms with E-state index in [2.05, 4.69) is 57.2 Å². The quantitative estimate of drug-likeness (QED) is 0.639. The van der Waals surface area contributed by atoms with Crippen molar-refractivity contribution in [3.05, 3.63) is 59.2 Å². The van der Waals surface area contributed by atoms with Crippen LogP contribution in [0.2, 0.25) is 0 Å². The zero-order chi connectivity index (χ0) is 21.4. The van der Waals surface area contributed by atoms with Crippen LogP contribution in [0.25, 0.3) is 5.65 Å². The molecule has 31 heavy (non-hydrogen) atoms. The van der Waals surface area contributed by atoms with Gasteiger partial charge in [0, 0.05) is 50.7 Å². The second-order valence-corrected chi connectivity index (χ2v) is 8.83. The van der Waals surface area contributed by atoms with Crippen LogP contribution in [-0.2, 0) is 6.42 Å². The Bertz CT molecular complexity index is 1140. The molecule has 0 radical (unpaired) electrons. The molecule has 1 atom stereocenters. The van der Waals surface area contributed by atoms with Crippen LogP contribution in [0.4, 0.5) is 21.0 Å². The number of nitrogens with one attached hydrogen (secondary N) is 1. The van der Waals surface area contributed by atoms with Gasteiger partial charge >= 0.3 is 0 Å². The van der Waals surface area contributed by atoms with Gasteiger partial charge in [-0.15, -0.1) is 11.3 Å². The number of hydrogen-bond donors (Lipinski definition) is 1. The lowest BCUT2D eigenvalue weighted by Crippen LogP contribution is -2.43. The van der Waals surface area contributed by atoms with Gasteiger partial charge in [-0.25, -0.2) is 14.4 Å². The molecule has 0 spiro atoms. The summed E-state index contributed by atoms with van der Waals surface area (Å²) in [5.74, 6) is 1.02. The largest absolute Gasteiger partial charge is 0.368 e. The first-order valence-corrected chi connectivity index (χ1v) is 11.7. The Morgan fingerprint density at radius 2 is 2.10 bits per heavy atom. The van der Waals surface area contributed by atoms with Gasteiger partial charge in [0.1, 0.15) is 17.3 Å². The number of allylic oxidation sites excluding steroid dienone is 4. The van der Waals surface area contributed by atoms with E-state index in [9.17, 15) is 4.39 Å². The van der Waals surface area contributed by atoms with Crippen molar-refractivity contribution in [1.29, 1.82) is 0 Å². The Hall–Kier alpha value is -2.71. The highest BCUT2D eigenvalue weighted by atomic mass is 32.1. The van der Waals surface area contributed by atoms with Crippen LogP contribution in [0.3, 0.4) is 0 Å². The Morgan fingerprint density at radius 3 is 2.84 bits per heavy atom. The molecule has 162 valence electrons. The van der Waals surface area contributed by atoms with Crippen LogP contribution in [0.5, 0.6) is 0 Å². The summed E-state index contributed by atoms with van der Waals surface area (Å²) in [7, 11) is 2.05. The molecule has 2 aliphatic rings. The molecule has 1 fully saturated rings. The molecule has 0 saturated carbocycles. The molecular weight excluding hydrogens is 411 g/mol. The molecule has 3 aromatic heterocycles. The predicted octanol–water partition coefficient (Wildman–Crippen LogP) is 4.43. The number of thiazole rings is 1. The molecule has 1 unspecified atom stereocenters. The van der Waals surface area contributed by atoms with E-state index < -0.39 is 0 Å². The zero-order valence-electron chi connectivity index (χ0n) is 17.9. The lowest BCUT2D eigenvalue weighted by Gasteiger charge is -2.29. The normalized spacial score (nSPS) is 19.1. The van der Waals surface area contributed by atoms with Crippen molar-refractivity contribution in [3.8, 4) is 0 Å². The molecule has 6 nitrogen and oxygen atoms in total. The number of imidazole rings is 1. The van der Waals surface area contributed by atoms with Crippen molar-refractivity contribution in [3.63, 3.8) is 0 Å². The lowest BCUT2D eigenvalue weighted by atomic mass is 9.98. The molecule has 5 rings (SSSR count). The van der Waals surface area contributed by atoms with Crippen LogP contribution in [0.1, 0.15) is 30.7 Å². The van der Waals surface area contributed by atoms with Crippen LogP contribution in [0.15, 0.2) is 47.8 Å². The summed E-state index contributed by atoms with van der Waals surface area (Å²) >= 11 is 1.62. The highest BCUT2D eigenvalue weighted by molar-refractivity contribution is 7.13. The third kappa shape index (κ3) is 3.85. The summed E-state index contributed by atoms with van der Waals surface area (Å²) in [4.78, 5) is 14.3. The SMILES string of the molecule is CCc1nc2ccc(N3CCNCC3)cn2c1N(C)c1nc(C2C=CC(F)=CC2)cs1. The third-order valence-electron chi connectivity index (χ3n) is 6.01. The van der Waals surface area contributed by atoms with Crippen LogP contribution < -0.4 is 15.1 Å². The minimum atomic E-state index is -0.164. The number of aromatic nitrogens is 3. The summed E-state index contributed by atoms with van der Waals surface area (Å²) in [5, 5.41) is 6.41. The number of hydrogen-bond acceptors (Lipinski definition) is 6. The summed E-state index contributed by atoms with van der Waals surface area (Å²) < 4.78 is 15.5. The van der Waals surface area contributed by atoms with Gasteiger partial charge in [-0.2, -0.15) is 0 Å². The maximum atomic E-state index is 13.3. The van der Waals surface area contributed by atoms with Crippen molar-refractivity contribution in [2.45, 2.75) is 25.7 Å². The minimum absolute atomic E-state index is 0.130. The van der Waals surface area contributed by atoms with Gasteiger partial charge in [-0.05, 0) is 37.1 Å². The van der Waals surface area contributed by atoms with E-state index >= 15 is 0 Å². The average molecular weight is 439 g/mol. The second kappa shape index (κ2) is 8.43. The number of nitrogens with zero attached hydrogens (tertiary/aromatic N) is 5. The van der Waals surface area contributed by atoms with Crippen molar-refractivity contribution < 1.29 is 4.39 Å². The van der Waals surface area contributed by atoms with Crippen molar-refractivity contribution in [2.75, 3.05) is 43.0 Å². The molecule has 1 saturated heterocycles. The van der Waals surface area contributed by atoms with Gasteiger partial charge in [0.05, 0.1) is 17.1 Å². The first-order chi connectivity index (χ1) is 15.1. The van der Waals surface area contributed by atoms with Gasteiger partial charge in [0.2, 0.25) is 0 Å². The maximum Gasteiger partial charge on any atom is 0.190 e. The van der Waals surface area contributed by atoms with E-state index in [-0.39, 0.29) is 11.7 Å². The minimum Gasteiger partial charge on any atom is -0.368 e. The van der Waals surface area contributed by atoms with E-state index in [0.29, 0.717) is 6.42 Å². The van der Waals surface area contributed by atoms with Gasteiger partial charge in [-0.1, -0.05) is 13.0 Å².